The number of nitro benzene ring substituents is 1. The number of para-hydroxylation sites is 1. The zero-order valence-corrected chi connectivity index (χ0v) is 14.2. The van der Waals surface area contributed by atoms with E-state index in [1.54, 1.807) is 12.1 Å². The Labute approximate surface area is 136 Å². The molecular formula is C15H22N2O5S. The molecule has 128 valence electrons. The summed E-state index contributed by atoms with van der Waals surface area (Å²) in [7, 11) is -3.65. The minimum Gasteiger partial charge on any atom is -0.381 e. The maximum atomic E-state index is 11.8. The fraction of sp³-hybridized carbons (Fsp3) is 0.600. The molecule has 1 aromatic carbocycles. The van der Waals surface area contributed by atoms with Gasteiger partial charge in [-0.1, -0.05) is 6.07 Å². The zero-order chi connectivity index (χ0) is 17.0. The largest absolute Gasteiger partial charge is 0.381 e. The molecule has 0 saturated carbocycles. The van der Waals surface area contributed by atoms with Crippen molar-refractivity contribution in [3.05, 3.63) is 28.3 Å². The van der Waals surface area contributed by atoms with Gasteiger partial charge in [-0.3, -0.25) is 10.1 Å². The van der Waals surface area contributed by atoms with Gasteiger partial charge in [-0.05, 0) is 37.8 Å². The van der Waals surface area contributed by atoms with E-state index in [0.29, 0.717) is 37.9 Å². The van der Waals surface area contributed by atoms with Crippen LogP contribution in [0, 0.1) is 16.0 Å². The highest BCUT2D eigenvalue weighted by molar-refractivity contribution is 7.90. The van der Waals surface area contributed by atoms with Crippen molar-refractivity contribution in [2.24, 2.45) is 5.92 Å². The predicted molar refractivity (Wildman–Crippen MR) is 87.6 cm³/mol. The van der Waals surface area contributed by atoms with Crippen LogP contribution in [0.15, 0.2) is 23.1 Å². The average Bonchev–Trinajstić information content (AvgIpc) is 2.51. The van der Waals surface area contributed by atoms with Crippen molar-refractivity contribution in [1.29, 1.82) is 0 Å². The van der Waals surface area contributed by atoms with Crippen molar-refractivity contribution in [2.75, 3.05) is 37.5 Å². The van der Waals surface area contributed by atoms with Crippen molar-refractivity contribution in [3.8, 4) is 0 Å². The van der Waals surface area contributed by atoms with Gasteiger partial charge in [0.25, 0.3) is 0 Å². The monoisotopic (exact) mass is 342 g/mol. The van der Waals surface area contributed by atoms with E-state index in [0.717, 1.165) is 19.1 Å². The van der Waals surface area contributed by atoms with Crippen LogP contribution in [0.1, 0.15) is 19.8 Å². The van der Waals surface area contributed by atoms with Crippen LogP contribution in [0.4, 0.5) is 11.4 Å². The first kappa shape index (κ1) is 17.7. The lowest BCUT2D eigenvalue weighted by molar-refractivity contribution is -0.387. The first-order valence-corrected chi connectivity index (χ1v) is 9.54. The molecule has 1 aliphatic heterocycles. The summed E-state index contributed by atoms with van der Waals surface area (Å²) in [5.74, 6) is 0.448. The number of rotatable bonds is 6. The number of ether oxygens (including phenoxy) is 1. The summed E-state index contributed by atoms with van der Waals surface area (Å²) in [4.78, 5) is 12.5. The molecule has 1 heterocycles. The molecule has 0 bridgehead atoms. The summed E-state index contributed by atoms with van der Waals surface area (Å²) in [6, 6.07) is 4.47. The van der Waals surface area contributed by atoms with Gasteiger partial charge in [0.05, 0.1) is 4.92 Å². The summed E-state index contributed by atoms with van der Waals surface area (Å²) in [6.45, 7) is 4.66. The lowest BCUT2D eigenvalue weighted by Gasteiger charge is -2.33. The second-order valence-electron chi connectivity index (χ2n) is 5.74. The highest BCUT2D eigenvalue weighted by Crippen LogP contribution is 2.36. The van der Waals surface area contributed by atoms with E-state index in [2.05, 4.69) is 0 Å². The second kappa shape index (κ2) is 7.27. The Kier molecular flexibility index (Phi) is 5.59. The van der Waals surface area contributed by atoms with Crippen LogP contribution < -0.4 is 4.90 Å². The SMILES string of the molecule is CCOCC1CCN(c2cccc(S(C)(=O)=O)c2[N+](=O)[O-])CC1. The van der Waals surface area contributed by atoms with Gasteiger partial charge in [0.2, 0.25) is 0 Å². The number of sulfone groups is 1. The quantitative estimate of drug-likeness (QED) is 0.582. The third-order valence-electron chi connectivity index (χ3n) is 4.07. The Morgan fingerprint density at radius 1 is 1.35 bits per heavy atom. The summed E-state index contributed by atoms with van der Waals surface area (Å²) in [6.07, 6.45) is 2.74. The first-order chi connectivity index (χ1) is 10.8. The fourth-order valence-corrected chi connectivity index (χ4v) is 3.73. The number of anilines is 1. The van der Waals surface area contributed by atoms with Crippen molar-refractivity contribution in [3.63, 3.8) is 0 Å². The molecule has 0 unspecified atom stereocenters. The molecule has 0 amide bonds. The molecule has 0 atom stereocenters. The highest BCUT2D eigenvalue weighted by Gasteiger charge is 2.30. The van der Waals surface area contributed by atoms with Gasteiger partial charge < -0.3 is 9.64 Å². The highest BCUT2D eigenvalue weighted by atomic mass is 32.2. The molecule has 0 N–H and O–H groups in total. The molecule has 1 saturated heterocycles. The summed E-state index contributed by atoms with van der Waals surface area (Å²) < 4.78 is 29.1. The van der Waals surface area contributed by atoms with E-state index in [-0.39, 0.29) is 10.6 Å². The van der Waals surface area contributed by atoms with E-state index in [1.165, 1.54) is 6.07 Å². The summed E-state index contributed by atoms with van der Waals surface area (Å²) >= 11 is 0. The van der Waals surface area contributed by atoms with Gasteiger partial charge in [0.1, 0.15) is 10.6 Å². The number of benzene rings is 1. The van der Waals surface area contributed by atoms with Crippen LogP contribution in [-0.2, 0) is 14.6 Å². The van der Waals surface area contributed by atoms with Gasteiger partial charge in [-0.15, -0.1) is 0 Å². The third-order valence-corrected chi connectivity index (χ3v) is 5.20. The molecular weight excluding hydrogens is 320 g/mol. The molecule has 1 aliphatic rings. The predicted octanol–water partition coefficient (Wildman–Crippen LogP) is 2.25. The molecule has 0 spiro atoms. The molecule has 0 aliphatic carbocycles. The molecule has 1 aromatic rings. The van der Waals surface area contributed by atoms with Crippen LogP contribution in [-0.4, -0.2) is 45.9 Å². The number of piperidine rings is 1. The standard InChI is InChI=1S/C15H22N2O5S/c1-3-22-11-12-7-9-16(10-8-12)13-5-4-6-14(23(2,20)21)15(13)17(18)19/h4-6,12H,3,7-11H2,1-2H3. The maximum absolute atomic E-state index is 11.8. The van der Waals surface area contributed by atoms with E-state index in [9.17, 15) is 18.5 Å². The van der Waals surface area contributed by atoms with E-state index >= 15 is 0 Å². The fourth-order valence-electron chi connectivity index (χ4n) is 2.87. The normalized spacial score (nSPS) is 16.5. The topological polar surface area (TPSA) is 89.8 Å². The average molecular weight is 342 g/mol. The van der Waals surface area contributed by atoms with E-state index in [4.69, 9.17) is 4.74 Å². The Hall–Kier alpha value is -1.67. The second-order valence-corrected chi connectivity index (χ2v) is 7.73. The lowest BCUT2D eigenvalue weighted by Crippen LogP contribution is -2.35. The zero-order valence-electron chi connectivity index (χ0n) is 13.4. The number of hydrogen-bond donors (Lipinski definition) is 0. The Morgan fingerprint density at radius 3 is 2.52 bits per heavy atom. The number of nitro groups is 1. The summed E-state index contributed by atoms with van der Waals surface area (Å²) in [5.41, 5.74) is 0.0612. The third kappa shape index (κ3) is 4.20. The number of hydrogen-bond acceptors (Lipinski definition) is 6. The molecule has 7 nitrogen and oxygen atoms in total. The van der Waals surface area contributed by atoms with Crippen molar-refractivity contribution in [2.45, 2.75) is 24.7 Å². The Bertz CT molecular complexity index is 666. The van der Waals surface area contributed by atoms with Gasteiger partial charge in [0, 0.05) is 32.6 Å². The lowest BCUT2D eigenvalue weighted by atomic mass is 9.97. The number of nitrogens with zero attached hydrogens (tertiary/aromatic N) is 2. The van der Waals surface area contributed by atoms with Gasteiger partial charge >= 0.3 is 5.69 Å². The van der Waals surface area contributed by atoms with Gasteiger partial charge in [-0.2, -0.15) is 0 Å². The molecule has 0 aromatic heterocycles. The molecule has 2 rings (SSSR count). The van der Waals surface area contributed by atoms with Crippen LogP contribution >= 0.6 is 0 Å². The van der Waals surface area contributed by atoms with E-state index in [1.807, 2.05) is 11.8 Å². The van der Waals surface area contributed by atoms with Crippen molar-refractivity contribution >= 4 is 21.2 Å². The molecule has 8 heteroatoms. The smallest absolute Gasteiger partial charge is 0.311 e. The Morgan fingerprint density at radius 2 is 2.00 bits per heavy atom. The van der Waals surface area contributed by atoms with Crippen molar-refractivity contribution in [1.82, 2.24) is 0 Å². The first-order valence-electron chi connectivity index (χ1n) is 7.64. The van der Waals surface area contributed by atoms with Crippen molar-refractivity contribution < 1.29 is 18.1 Å². The van der Waals surface area contributed by atoms with Crippen LogP contribution in [0.2, 0.25) is 0 Å². The van der Waals surface area contributed by atoms with E-state index < -0.39 is 14.8 Å². The molecule has 23 heavy (non-hydrogen) atoms. The van der Waals surface area contributed by atoms with Gasteiger partial charge in [-0.25, -0.2) is 8.42 Å². The maximum Gasteiger partial charge on any atom is 0.311 e. The van der Waals surface area contributed by atoms with Gasteiger partial charge in [0.15, 0.2) is 9.84 Å². The minimum atomic E-state index is -3.65. The molecule has 1 fully saturated rings. The van der Waals surface area contributed by atoms with Crippen LogP contribution in [0.25, 0.3) is 0 Å². The van der Waals surface area contributed by atoms with Crippen LogP contribution in [0.5, 0.6) is 0 Å². The van der Waals surface area contributed by atoms with Crippen LogP contribution in [0.3, 0.4) is 0 Å². The molecule has 0 radical (unpaired) electrons. The summed E-state index contributed by atoms with van der Waals surface area (Å²) in [5, 5.41) is 11.4. The minimum absolute atomic E-state index is 0.226. The Balaban J connectivity index is 2.26.